The zero-order valence-corrected chi connectivity index (χ0v) is 22.0. The lowest BCUT2D eigenvalue weighted by Crippen LogP contribution is -2.52. The second-order valence-corrected chi connectivity index (χ2v) is 10.4. The molecule has 0 aliphatic rings. The third-order valence-corrected chi connectivity index (χ3v) is 5.98. The largest absolute Gasteiger partial charge is 0.484 e. The third kappa shape index (κ3) is 7.98. The highest BCUT2D eigenvalue weighted by Crippen LogP contribution is 2.24. The molecule has 190 valence electrons. The molecule has 0 aliphatic carbocycles. The van der Waals surface area contributed by atoms with E-state index in [1.165, 1.54) is 5.56 Å². The van der Waals surface area contributed by atoms with Gasteiger partial charge in [-0.25, -0.2) is 0 Å². The number of benzene rings is 3. The van der Waals surface area contributed by atoms with Crippen LogP contribution in [0.4, 0.5) is 0 Å². The van der Waals surface area contributed by atoms with Crippen LogP contribution in [0.1, 0.15) is 51.3 Å². The van der Waals surface area contributed by atoms with E-state index in [0.717, 1.165) is 11.1 Å². The van der Waals surface area contributed by atoms with Crippen LogP contribution in [0.25, 0.3) is 0 Å². The van der Waals surface area contributed by atoms with Crippen LogP contribution in [0.5, 0.6) is 5.75 Å². The maximum absolute atomic E-state index is 13.6. The summed E-state index contributed by atoms with van der Waals surface area (Å²) in [5.74, 6) is 0.216. The van der Waals surface area contributed by atoms with Crippen LogP contribution in [-0.2, 0) is 28.0 Å². The number of carbonyl (C=O) groups excluding carboxylic acids is 2. The first-order chi connectivity index (χ1) is 17.1. The van der Waals surface area contributed by atoms with Gasteiger partial charge >= 0.3 is 0 Å². The smallest absolute Gasteiger partial charge is 0.261 e. The Labute approximate surface area is 215 Å². The molecule has 0 fully saturated rings. The summed E-state index contributed by atoms with van der Waals surface area (Å²) in [7, 11) is 0. The topological polar surface area (TPSA) is 58.6 Å². The summed E-state index contributed by atoms with van der Waals surface area (Å²) in [6, 6.07) is 26.7. The minimum Gasteiger partial charge on any atom is -0.484 e. The number of hydrogen-bond donors (Lipinski definition) is 1. The molecule has 3 aromatic carbocycles. The first kappa shape index (κ1) is 27.0. The second kappa shape index (κ2) is 12.4. The summed E-state index contributed by atoms with van der Waals surface area (Å²) in [4.78, 5) is 28.6. The van der Waals surface area contributed by atoms with Crippen molar-refractivity contribution < 1.29 is 14.3 Å². The standard InChI is InChI=1S/C31H38N2O3/c1-23(2)32-30(35)28(20-24-12-8-6-9-13-24)33(21-25-14-10-7-11-15-25)29(34)22-36-27-18-16-26(17-19-27)31(3,4)5/h6-19,23,28H,20-22H2,1-5H3,(H,32,35)/t28-/m1/s1. The molecule has 36 heavy (non-hydrogen) atoms. The summed E-state index contributed by atoms with van der Waals surface area (Å²) in [5, 5.41) is 3.00. The van der Waals surface area contributed by atoms with E-state index in [0.29, 0.717) is 18.7 Å². The van der Waals surface area contributed by atoms with E-state index >= 15 is 0 Å². The summed E-state index contributed by atoms with van der Waals surface area (Å²) >= 11 is 0. The molecule has 0 saturated heterocycles. The molecular formula is C31H38N2O3. The zero-order chi connectivity index (χ0) is 26.1. The van der Waals surface area contributed by atoms with Gasteiger partial charge in [0.2, 0.25) is 5.91 Å². The molecule has 2 amide bonds. The fourth-order valence-electron chi connectivity index (χ4n) is 3.99. The van der Waals surface area contributed by atoms with Crippen molar-refractivity contribution in [1.29, 1.82) is 0 Å². The van der Waals surface area contributed by atoms with Gasteiger partial charge in [0.25, 0.3) is 5.91 Å². The Balaban J connectivity index is 1.85. The van der Waals surface area contributed by atoms with E-state index < -0.39 is 6.04 Å². The van der Waals surface area contributed by atoms with Gasteiger partial charge in [-0.15, -0.1) is 0 Å². The lowest BCUT2D eigenvalue weighted by Gasteiger charge is -2.32. The predicted molar refractivity (Wildman–Crippen MR) is 145 cm³/mol. The maximum Gasteiger partial charge on any atom is 0.261 e. The summed E-state index contributed by atoms with van der Waals surface area (Å²) in [6.07, 6.45) is 0.415. The minimum absolute atomic E-state index is 0.0370. The Kier molecular flexibility index (Phi) is 9.29. The van der Waals surface area contributed by atoms with Gasteiger partial charge < -0.3 is 15.0 Å². The fraction of sp³-hybridized carbons (Fsp3) is 0.355. The molecule has 3 aromatic rings. The van der Waals surface area contributed by atoms with Crippen molar-refractivity contribution in [1.82, 2.24) is 10.2 Å². The van der Waals surface area contributed by atoms with Crippen LogP contribution in [-0.4, -0.2) is 35.4 Å². The number of rotatable bonds is 10. The van der Waals surface area contributed by atoms with Gasteiger partial charge in [-0.2, -0.15) is 0 Å². The Bertz CT molecular complexity index is 1100. The number of amides is 2. The van der Waals surface area contributed by atoms with Crippen molar-refractivity contribution >= 4 is 11.8 Å². The van der Waals surface area contributed by atoms with Gasteiger partial charge in [0, 0.05) is 19.0 Å². The molecule has 1 atom stereocenters. The number of nitrogens with zero attached hydrogens (tertiary/aromatic N) is 1. The molecule has 0 spiro atoms. The van der Waals surface area contributed by atoms with Crippen LogP contribution in [0.15, 0.2) is 84.9 Å². The van der Waals surface area contributed by atoms with Gasteiger partial charge in [0.1, 0.15) is 11.8 Å². The number of carbonyl (C=O) groups is 2. The van der Waals surface area contributed by atoms with Crippen molar-refractivity contribution in [2.45, 2.75) is 65.1 Å². The molecule has 5 nitrogen and oxygen atoms in total. The second-order valence-electron chi connectivity index (χ2n) is 10.4. The van der Waals surface area contributed by atoms with E-state index in [9.17, 15) is 9.59 Å². The van der Waals surface area contributed by atoms with E-state index in [4.69, 9.17) is 4.74 Å². The summed E-state index contributed by atoms with van der Waals surface area (Å²) < 4.78 is 5.89. The first-order valence-electron chi connectivity index (χ1n) is 12.5. The monoisotopic (exact) mass is 486 g/mol. The Morgan fingerprint density at radius 1 is 0.833 bits per heavy atom. The van der Waals surface area contributed by atoms with E-state index in [1.54, 1.807) is 4.90 Å². The van der Waals surface area contributed by atoms with Crippen molar-refractivity contribution in [2.75, 3.05) is 6.61 Å². The Hall–Kier alpha value is -3.60. The minimum atomic E-state index is -0.672. The van der Waals surface area contributed by atoms with E-state index in [-0.39, 0.29) is 29.9 Å². The first-order valence-corrected chi connectivity index (χ1v) is 12.5. The summed E-state index contributed by atoms with van der Waals surface area (Å²) in [5.41, 5.74) is 3.18. The molecule has 0 bridgehead atoms. The molecule has 3 rings (SSSR count). The van der Waals surface area contributed by atoms with Crippen molar-refractivity contribution in [2.24, 2.45) is 0 Å². The van der Waals surface area contributed by atoms with Crippen LogP contribution in [0.3, 0.4) is 0 Å². The molecule has 0 heterocycles. The molecule has 0 saturated carbocycles. The van der Waals surface area contributed by atoms with E-state index in [2.05, 4.69) is 26.1 Å². The Morgan fingerprint density at radius 3 is 1.92 bits per heavy atom. The average Bonchev–Trinajstić information content (AvgIpc) is 2.85. The SMILES string of the molecule is CC(C)NC(=O)[C@@H](Cc1ccccc1)N(Cc1ccccc1)C(=O)COc1ccc(C(C)(C)C)cc1. The summed E-state index contributed by atoms with van der Waals surface area (Å²) in [6.45, 7) is 10.5. The van der Waals surface area contributed by atoms with Crippen LogP contribution >= 0.6 is 0 Å². The number of hydrogen-bond acceptors (Lipinski definition) is 3. The molecule has 5 heteroatoms. The van der Waals surface area contributed by atoms with Crippen molar-refractivity contribution in [3.05, 3.63) is 102 Å². The molecule has 0 unspecified atom stereocenters. The molecular weight excluding hydrogens is 448 g/mol. The third-order valence-electron chi connectivity index (χ3n) is 5.98. The molecule has 0 aromatic heterocycles. The molecule has 1 N–H and O–H groups in total. The van der Waals surface area contributed by atoms with Gasteiger partial charge in [-0.05, 0) is 48.1 Å². The lowest BCUT2D eigenvalue weighted by atomic mass is 9.87. The zero-order valence-electron chi connectivity index (χ0n) is 22.0. The van der Waals surface area contributed by atoms with Gasteiger partial charge in [-0.1, -0.05) is 93.6 Å². The van der Waals surface area contributed by atoms with Crippen LogP contribution in [0.2, 0.25) is 0 Å². The maximum atomic E-state index is 13.6. The average molecular weight is 487 g/mol. The quantitative estimate of drug-likeness (QED) is 0.410. The number of nitrogens with one attached hydrogen (secondary N) is 1. The van der Waals surface area contributed by atoms with Crippen molar-refractivity contribution in [3.8, 4) is 5.75 Å². The lowest BCUT2D eigenvalue weighted by molar-refractivity contribution is -0.143. The highest BCUT2D eigenvalue weighted by atomic mass is 16.5. The fourth-order valence-corrected chi connectivity index (χ4v) is 3.99. The predicted octanol–water partition coefficient (Wildman–Crippen LogP) is 5.53. The van der Waals surface area contributed by atoms with Crippen LogP contribution in [0, 0.1) is 0 Å². The Morgan fingerprint density at radius 2 is 1.39 bits per heavy atom. The van der Waals surface area contributed by atoms with Gasteiger partial charge in [0.05, 0.1) is 0 Å². The molecule has 0 aliphatic heterocycles. The van der Waals surface area contributed by atoms with Gasteiger partial charge in [0.15, 0.2) is 6.61 Å². The van der Waals surface area contributed by atoms with Gasteiger partial charge in [-0.3, -0.25) is 9.59 Å². The van der Waals surface area contributed by atoms with Crippen LogP contribution < -0.4 is 10.1 Å². The van der Waals surface area contributed by atoms with Crippen molar-refractivity contribution in [3.63, 3.8) is 0 Å². The normalized spacial score (nSPS) is 12.2. The van der Waals surface area contributed by atoms with E-state index in [1.807, 2.05) is 98.8 Å². The highest BCUT2D eigenvalue weighted by Gasteiger charge is 2.31. The highest BCUT2D eigenvalue weighted by molar-refractivity contribution is 5.88. The number of ether oxygens (including phenoxy) is 1. The molecule has 0 radical (unpaired) electrons.